The lowest BCUT2D eigenvalue weighted by Gasteiger charge is -2.07. The second-order valence-corrected chi connectivity index (χ2v) is 5.00. The number of hydrogen-bond acceptors (Lipinski definition) is 1. The van der Waals surface area contributed by atoms with Gasteiger partial charge in [0.25, 0.3) is 0 Å². The molecular weight excluding hydrogens is 258 g/mol. The second kappa shape index (κ2) is 5.89. The van der Waals surface area contributed by atoms with E-state index in [9.17, 15) is 4.79 Å². The van der Waals surface area contributed by atoms with E-state index in [2.05, 4.69) is 13.0 Å². The molecular formula is C16H16ClNO. The van der Waals surface area contributed by atoms with Crippen LogP contribution >= 0.6 is 11.6 Å². The van der Waals surface area contributed by atoms with Gasteiger partial charge >= 0.3 is 0 Å². The lowest BCUT2D eigenvalue weighted by molar-refractivity contribution is 0.1000. The SMILES string of the molecule is CCc1cc(Cc2ccc(Cl)cc2)cc(C(N)=O)c1. The number of benzene rings is 2. The van der Waals surface area contributed by atoms with E-state index in [0.717, 1.165) is 34.6 Å². The summed E-state index contributed by atoms with van der Waals surface area (Å²) in [5, 5.41) is 0.726. The van der Waals surface area contributed by atoms with Crippen LogP contribution in [0.2, 0.25) is 5.02 Å². The number of carbonyl (C=O) groups is 1. The fraction of sp³-hybridized carbons (Fsp3) is 0.188. The predicted octanol–water partition coefficient (Wildman–Crippen LogP) is 3.59. The monoisotopic (exact) mass is 273 g/mol. The third-order valence-electron chi connectivity index (χ3n) is 3.07. The lowest BCUT2D eigenvalue weighted by Crippen LogP contribution is -2.12. The van der Waals surface area contributed by atoms with Crippen molar-refractivity contribution in [2.45, 2.75) is 19.8 Å². The molecule has 1 amide bonds. The number of amides is 1. The maximum Gasteiger partial charge on any atom is 0.248 e. The highest BCUT2D eigenvalue weighted by Crippen LogP contribution is 2.17. The van der Waals surface area contributed by atoms with E-state index in [4.69, 9.17) is 17.3 Å². The smallest absolute Gasteiger partial charge is 0.248 e. The van der Waals surface area contributed by atoms with Crippen molar-refractivity contribution < 1.29 is 4.79 Å². The summed E-state index contributed by atoms with van der Waals surface area (Å²) in [7, 11) is 0. The van der Waals surface area contributed by atoms with Crippen molar-refractivity contribution in [2.24, 2.45) is 5.73 Å². The van der Waals surface area contributed by atoms with Gasteiger partial charge in [-0.05, 0) is 53.8 Å². The zero-order valence-corrected chi connectivity index (χ0v) is 11.6. The minimum Gasteiger partial charge on any atom is -0.366 e. The van der Waals surface area contributed by atoms with Gasteiger partial charge in [0.2, 0.25) is 5.91 Å². The summed E-state index contributed by atoms with van der Waals surface area (Å²) >= 11 is 5.87. The summed E-state index contributed by atoms with van der Waals surface area (Å²) in [6.07, 6.45) is 1.65. The molecule has 2 nitrogen and oxygen atoms in total. The van der Waals surface area contributed by atoms with Crippen LogP contribution in [0.5, 0.6) is 0 Å². The molecule has 98 valence electrons. The number of aryl methyl sites for hydroxylation is 1. The van der Waals surface area contributed by atoms with Crippen molar-refractivity contribution in [3.05, 3.63) is 69.7 Å². The molecule has 2 aromatic rings. The van der Waals surface area contributed by atoms with Gasteiger partial charge in [0, 0.05) is 10.6 Å². The molecule has 0 spiro atoms. The van der Waals surface area contributed by atoms with Gasteiger partial charge in [0.1, 0.15) is 0 Å². The van der Waals surface area contributed by atoms with Crippen LogP contribution in [0.4, 0.5) is 0 Å². The van der Waals surface area contributed by atoms with E-state index in [1.807, 2.05) is 36.4 Å². The zero-order valence-electron chi connectivity index (χ0n) is 10.8. The standard InChI is InChI=1S/C16H16ClNO/c1-2-11-7-13(10-14(9-11)16(18)19)8-12-3-5-15(17)6-4-12/h3-7,9-10H,2,8H2,1H3,(H2,18,19). The number of carbonyl (C=O) groups excluding carboxylic acids is 1. The lowest BCUT2D eigenvalue weighted by atomic mass is 9.98. The quantitative estimate of drug-likeness (QED) is 0.909. The van der Waals surface area contributed by atoms with Gasteiger partial charge in [-0.3, -0.25) is 4.79 Å². The summed E-state index contributed by atoms with van der Waals surface area (Å²) in [5.74, 6) is -0.382. The Morgan fingerprint density at radius 1 is 1.05 bits per heavy atom. The fourth-order valence-corrected chi connectivity index (χ4v) is 2.17. The first kappa shape index (κ1) is 13.6. The van der Waals surface area contributed by atoms with Gasteiger partial charge < -0.3 is 5.73 Å². The molecule has 2 aromatic carbocycles. The van der Waals surface area contributed by atoms with Crippen LogP contribution in [0.1, 0.15) is 34.0 Å². The second-order valence-electron chi connectivity index (χ2n) is 4.56. The normalized spacial score (nSPS) is 10.4. The minimum atomic E-state index is -0.382. The molecule has 2 N–H and O–H groups in total. The largest absolute Gasteiger partial charge is 0.366 e. The van der Waals surface area contributed by atoms with Crippen molar-refractivity contribution in [1.29, 1.82) is 0 Å². The van der Waals surface area contributed by atoms with Crippen molar-refractivity contribution in [3.63, 3.8) is 0 Å². The van der Waals surface area contributed by atoms with Gasteiger partial charge in [0.15, 0.2) is 0 Å². The van der Waals surface area contributed by atoms with Gasteiger partial charge in [-0.1, -0.05) is 36.7 Å². The van der Waals surface area contributed by atoms with E-state index in [1.165, 1.54) is 0 Å². The number of rotatable bonds is 4. The molecule has 0 heterocycles. The predicted molar refractivity (Wildman–Crippen MR) is 78.6 cm³/mol. The molecule has 0 unspecified atom stereocenters. The highest BCUT2D eigenvalue weighted by atomic mass is 35.5. The number of halogens is 1. The topological polar surface area (TPSA) is 43.1 Å². The van der Waals surface area contributed by atoms with Crippen molar-refractivity contribution in [2.75, 3.05) is 0 Å². The first-order valence-electron chi connectivity index (χ1n) is 6.25. The van der Waals surface area contributed by atoms with Crippen LogP contribution in [0, 0.1) is 0 Å². The average molecular weight is 274 g/mol. The molecule has 2 rings (SSSR count). The van der Waals surface area contributed by atoms with Crippen molar-refractivity contribution in [1.82, 2.24) is 0 Å². The average Bonchev–Trinajstić information content (AvgIpc) is 2.41. The first-order valence-corrected chi connectivity index (χ1v) is 6.63. The van der Waals surface area contributed by atoms with E-state index in [0.29, 0.717) is 5.56 Å². The summed E-state index contributed by atoms with van der Waals surface area (Å²) in [6.45, 7) is 2.06. The Morgan fingerprint density at radius 3 is 2.26 bits per heavy atom. The molecule has 0 saturated heterocycles. The molecule has 0 bridgehead atoms. The van der Waals surface area contributed by atoms with E-state index in [-0.39, 0.29) is 5.91 Å². The molecule has 0 fully saturated rings. The Kier molecular flexibility index (Phi) is 4.23. The van der Waals surface area contributed by atoms with Gasteiger partial charge in [0.05, 0.1) is 0 Å². The Bertz CT molecular complexity index is 590. The van der Waals surface area contributed by atoms with Crippen LogP contribution in [0.15, 0.2) is 42.5 Å². The molecule has 19 heavy (non-hydrogen) atoms. The highest BCUT2D eigenvalue weighted by molar-refractivity contribution is 6.30. The van der Waals surface area contributed by atoms with Crippen LogP contribution in [0.3, 0.4) is 0 Å². The molecule has 0 aliphatic carbocycles. The number of hydrogen-bond donors (Lipinski definition) is 1. The molecule has 0 aromatic heterocycles. The maximum absolute atomic E-state index is 11.3. The van der Waals surface area contributed by atoms with Crippen molar-refractivity contribution >= 4 is 17.5 Å². The summed E-state index contributed by atoms with van der Waals surface area (Å²) in [4.78, 5) is 11.3. The van der Waals surface area contributed by atoms with E-state index >= 15 is 0 Å². The van der Waals surface area contributed by atoms with Gasteiger partial charge in [-0.15, -0.1) is 0 Å². The summed E-state index contributed by atoms with van der Waals surface area (Å²) in [5.41, 5.74) is 9.31. The number of nitrogens with two attached hydrogens (primary N) is 1. The van der Waals surface area contributed by atoms with Crippen LogP contribution in [-0.2, 0) is 12.8 Å². The maximum atomic E-state index is 11.3. The third-order valence-corrected chi connectivity index (χ3v) is 3.32. The van der Waals surface area contributed by atoms with Crippen molar-refractivity contribution in [3.8, 4) is 0 Å². The van der Waals surface area contributed by atoms with Gasteiger partial charge in [-0.25, -0.2) is 0 Å². The summed E-state index contributed by atoms with van der Waals surface area (Å²) < 4.78 is 0. The number of primary amides is 1. The molecule has 0 radical (unpaired) electrons. The van der Waals surface area contributed by atoms with Crippen LogP contribution < -0.4 is 5.73 Å². The fourth-order valence-electron chi connectivity index (χ4n) is 2.05. The Hall–Kier alpha value is -1.80. The first-order chi connectivity index (χ1) is 9.08. The molecule has 0 atom stereocenters. The Balaban J connectivity index is 2.31. The minimum absolute atomic E-state index is 0.382. The molecule has 0 saturated carbocycles. The Labute approximate surface area is 118 Å². The zero-order chi connectivity index (χ0) is 13.8. The Morgan fingerprint density at radius 2 is 1.68 bits per heavy atom. The third kappa shape index (κ3) is 3.58. The van der Waals surface area contributed by atoms with E-state index < -0.39 is 0 Å². The summed E-state index contributed by atoms with van der Waals surface area (Å²) in [6, 6.07) is 13.5. The highest BCUT2D eigenvalue weighted by Gasteiger charge is 2.05. The van der Waals surface area contributed by atoms with E-state index in [1.54, 1.807) is 0 Å². The molecule has 3 heteroatoms. The van der Waals surface area contributed by atoms with Crippen LogP contribution in [0.25, 0.3) is 0 Å². The van der Waals surface area contributed by atoms with Crippen LogP contribution in [-0.4, -0.2) is 5.91 Å². The van der Waals surface area contributed by atoms with Gasteiger partial charge in [-0.2, -0.15) is 0 Å². The molecule has 0 aliphatic rings. The molecule has 0 aliphatic heterocycles.